The highest BCUT2D eigenvalue weighted by atomic mass is 35.5. The highest BCUT2D eigenvalue weighted by Crippen LogP contribution is 2.37. The second-order valence-corrected chi connectivity index (χ2v) is 5.13. The van der Waals surface area contributed by atoms with Crippen molar-refractivity contribution < 1.29 is 0 Å². The third-order valence-electron chi connectivity index (χ3n) is 3.70. The number of benzene rings is 1. The minimum absolute atomic E-state index is 0.779. The summed E-state index contributed by atoms with van der Waals surface area (Å²) in [5, 5.41) is 0.849. The van der Waals surface area contributed by atoms with E-state index in [9.17, 15) is 0 Å². The fourth-order valence-electron chi connectivity index (χ4n) is 2.70. The van der Waals surface area contributed by atoms with Gasteiger partial charge in [-0.25, -0.2) is 0 Å². The van der Waals surface area contributed by atoms with E-state index < -0.39 is 0 Å². The molecule has 0 aliphatic heterocycles. The van der Waals surface area contributed by atoms with Gasteiger partial charge in [0.15, 0.2) is 0 Å². The normalized spacial score (nSPS) is 26.5. The second-order valence-electron chi connectivity index (χ2n) is 4.69. The summed E-state index contributed by atoms with van der Waals surface area (Å²) in [7, 11) is 0. The third kappa shape index (κ3) is 2.75. The standard InChI is InChI=1S/C14H19Cl/c1-2-11-4-3-5-13(10-11)12-6-8-14(15)9-7-12/h6-9,11,13H,2-5,10H2,1H3/t11-,13+/m1/s1. The molecular weight excluding hydrogens is 204 g/mol. The van der Waals surface area contributed by atoms with Crippen molar-refractivity contribution in [2.24, 2.45) is 5.92 Å². The molecule has 0 bridgehead atoms. The molecule has 15 heavy (non-hydrogen) atoms. The summed E-state index contributed by atoms with van der Waals surface area (Å²) in [5.74, 6) is 1.72. The van der Waals surface area contributed by atoms with Crippen LogP contribution in [0.15, 0.2) is 24.3 Å². The van der Waals surface area contributed by atoms with E-state index in [-0.39, 0.29) is 0 Å². The van der Waals surface area contributed by atoms with Crippen LogP contribution in [-0.2, 0) is 0 Å². The minimum atomic E-state index is 0.779. The van der Waals surface area contributed by atoms with Crippen molar-refractivity contribution in [3.05, 3.63) is 34.9 Å². The molecule has 0 unspecified atom stereocenters. The molecule has 0 nitrogen and oxygen atoms in total. The molecule has 1 heteroatoms. The van der Waals surface area contributed by atoms with Gasteiger partial charge in [-0.15, -0.1) is 0 Å². The minimum Gasteiger partial charge on any atom is -0.0843 e. The van der Waals surface area contributed by atoms with Crippen LogP contribution < -0.4 is 0 Å². The van der Waals surface area contributed by atoms with Gasteiger partial charge >= 0.3 is 0 Å². The van der Waals surface area contributed by atoms with Gasteiger partial charge in [-0.2, -0.15) is 0 Å². The Bertz CT molecular complexity index is 302. The zero-order chi connectivity index (χ0) is 10.7. The van der Waals surface area contributed by atoms with E-state index in [1.165, 1.54) is 37.7 Å². The van der Waals surface area contributed by atoms with Gasteiger partial charge in [0, 0.05) is 5.02 Å². The molecule has 1 aromatic carbocycles. The maximum absolute atomic E-state index is 5.91. The molecular formula is C14H19Cl. The number of hydrogen-bond acceptors (Lipinski definition) is 0. The lowest BCUT2D eigenvalue weighted by atomic mass is 9.77. The maximum Gasteiger partial charge on any atom is 0.0406 e. The van der Waals surface area contributed by atoms with E-state index in [1.54, 1.807) is 0 Å². The van der Waals surface area contributed by atoms with Crippen LogP contribution in [0.4, 0.5) is 0 Å². The molecule has 0 N–H and O–H groups in total. The summed E-state index contributed by atoms with van der Waals surface area (Å²) in [6.45, 7) is 2.31. The lowest BCUT2D eigenvalue weighted by Gasteiger charge is -2.28. The average Bonchev–Trinajstić information content (AvgIpc) is 2.30. The Morgan fingerprint density at radius 3 is 2.60 bits per heavy atom. The van der Waals surface area contributed by atoms with Gasteiger partial charge in [0.05, 0.1) is 0 Å². The molecule has 0 heterocycles. The molecule has 0 saturated heterocycles. The zero-order valence-corrected chi connectivity index (χ0v) is 10.1. The summed E-state index contributed by atoms with van der Waals surface area (Å²) in [6, 6.07) is 8.44. The smallest absolute Gasteiger partial charge is 0.0406 e. The quantitative estimate of drug-likeness (QED) is 0.659. The molecule has 0 spiro atoms. The molecule has 1 aliphatic carbocycles. The topological polar surface area (TPSA) is 0 Å². The van der Waals surface area contributed by atoms with Crippen LogP contribution in [0, 0.1) is 5.92 Å². The van der Waals surface area contributed by atoms with Crippen LogP contribution in [0.5, 0.6) is 0 Å². The van der Waals surface area contributed by atoms with Crippen LogP contribution in [0.25, 0.3) is 0 Å². The molecule has 2 atom stereocenters. The van der Waals surface area contributed by atoms with Crippen molar-refractivity contribution in [3.8, 4) is 0 Å². The number of rotatable bonds is 2. The fraction of sp³-hybridized carbons (Fsp3) is 0.571. The lowest BCUT2D eigenvalue weighted by molar-refractivity contribution is 0.314. The molecule has 82 valence electrons. The Labute approximate surface area is 97.6 Å². The van der Waals surface area contributed by atoms with Crippen LogP contribution >= 0.6 is 11.6 Å². The first-order valence-corrected chi connectivity index (χ1v) is 6.43. The van der Waals surface area contributed by atoms with Gasteiger partial charge in [0.25, 0.3) is 0 Å². The van der Waals surface area contributed by atoms with E-state index in [0.717, 1.165) is 16.9 Å². The Balaban J connectivity index is 2.06. The monoisotopic (exact) mass is 222 g/mol. The van der Waals surface area contributed by atoms with Gasteiger partial charge in [0.1, 0.15) is 0 Å². The number of halogens is 1. The van der Waals surface area contributed by atoms with Crippen LogP contribution in [0.2, 0.25) is 5.02 Å². The lowest BCUT2D eigenvalue weighted by Crippen LogP contribution is -2.13. The van der Waals surface area contributed by atoms with Crippen molar-refractivity contribution in [1.29, 1.82) is 0 Å². The first kappa shape index (κ1) is 11.0. The van der Waals surface area contributed by atoms with Crippen molar-refractivity contribution in [3.63, 3.8) is 0 Å². The molecule has 0 amide bonds. The fourth-order valence-corrected chi connectivity index (χ4v) is 2.83. The summed E-state index contributed by atoms with van der Waals surface area (Å²) in [4.78, 5) is 0. The molecule has 1 saturated carbocycles. The molecule has 0 radical (unpaired) electrons. The number of hydrogen-bond donors (Lipinski definition) is 0. The molecule has 1 fully saturated rings. The van der Waals surface area contributed by atoms with Gasteiger partial charge < -0.3 is 0 Å². The van der Waals surface area contributed by atoms with Crippen LogP contribution in [-0.4, -0.2) is 0 Å². The van der Waals surface area contributed by atoms with Gasteiger partial charge in [-0.1, -0.05) is 49.9 Å². The summed E-state index contributed by atoms with van der Waals surface area (Å²) >= 11 is 5.91. The van der Waals surface area contributed by atoms with E-state index in [4.69, 9.17) is 11.6 Å². The van der Waals surface area contributed by atoms with E-state index in [1.807, 2.05) is 12.1 Å². The van der Waals surface area contributed by atoms with Gasteiger partial charge in [0.2, 0.25) is 0 Å². The third-order valence-corrected chi connectivity index (χ3v) is 3.95. The Morgan fingerprint density at radius 1 is 1.20 bits per heavy atom. The molecule has 2 rings (SSSR count). The van der Waals surface area contributed by atoms with Crippen molar-refractivity contribution >= 4 is 11.6 Å². The maximum atomic E-state index is 5.91. The van der Waals surface area contributed by atoms with E-state index >= 15 is 0 Å². The zero-order valence-electron chi connectivity index (χ0n) is 9.38. The van der Waals surface area contributed by atoms with Gasteiger partial charge in [-0.05, 0) is 42.4 Å². The van der Waals surface area contributed by atoms with Crippen LogP contribution in [0.3, 0.4) is 0 Å². The van der Waals surface area contributed by atoms with Crippen LogP contribution in [0.1, 0.15) is 50.5 Å². The highest BCUT2D eigenvalue weighted by Gasteiger charge is 2.21. The predicted octanol–water partition coefficient (Wildman–Crippen LogP) is 5.02. The van der Waals surface area contributed by atoms with Crippen molar-refractivity contribution in [1.82, 2.24) is 0 Å². The molecule has 1 aliphatic rings. The Hall–Kier alpha value is -0.490. The molecule has 1 aromatic rings. The summed E-state index contributed by atoms with van der Waals surface area (Å²) in [5.41, 5.74) is 1.48. The second kappa shape index (κ2) is 5.03. The molecule has 0 aromatic heterocycles. The highest BCUT2D eigenvalue weighted by molar-refractivity contribution is 6.30. The van der Waals surface area contributed by atoms with Crippen molar-refractivity contribution in [2.45, 2.75) is 44.9 Å². The SMILES string of the molecule is CC[C@@H]1CCC[C@H](c2ccc(Cl)cc2)C1. The van der Waals surface area contributed by atoms with Gasteiger partial charge in [-0.3, -0.25) is 0 Å². The summed E-state index contributed by atoms with van der Waals surface area (Å²) in [6.07, 6.45) is 6.90. The average molecular weight is 223 g/mol. The Kier molecular flexibility index (Phi) is 3.69. The Morgan fingerprint density at radius 2 is 1.93 bits per heavy atom. The van der Waals surface area contributed by atoms with E-state index in [0.29, 0.717) is 0 Å². The summed E-state index contributed by atoms with van der Waals surface area (Å²) < 4.78 is 0. The largest absolute Gasteiger partial charge is 0.0843 e. The first-order valence-electron chi connectivity index (χ1n) is 6.05. The first-order chi connectivity index (χ1) is 7.29. The predicted molar refractivity (Wildman–Crippen MR) is 66.4 cm³/mol. The van der Waals surface area contributed by atoms with E-state index in [2.05, 4.69) is 19.1 Å². The van der Waals surface area contributed by atoms with Crippen molar-refractivity contribution in [2.75, 3.05) is 0 Å².